The van der Waals surface area contributed by atoms with Crippen LogP contribution in [0.25, 0.3) is 0 Å². The largest absolute Gasteiger partial charge is 0.388 e. The molecule has 0 amide bonds. The Hall–Kier alpha value is -2.31. The van der Waals surface area contributed by atoms with E-state index in [-0.39, 0.29) is 5.78 Å². The fraction of sp³-hybridized carbons (Fsp3) is 0.0667. The van der Waals surface area contributed by atoms with Crippen LogP contribution in [0, 0.1) is 11.3 Å². The molecule has 0 aliphatic rings. The molecule has 2 aromatic carbocycles. The number of carbonyl (C=O) groups excluding carboxylic acids is 1. The van der Waals surface area contributed by atoms with E-state index in [0.29, 0.717) is 27.4 Å². The Morgan fingerprint density at radius 2 is 1.89 bits per heavy atom. The van der Waals surface area contributed by atoms with Crippen LogP contribution in [0.15, 0.2) is 42.5 Å². The van der Waals surface area contributed by atoms with Gasteiger partial charge in [0.25, 0.3) is 0 Å². The lowest BCUT2D eigenvalue weighted by atomic mass is 10.00. The molecule has 4 heteroatoms. The van der Waals surface area contributed by atoms with Gasteiger partial charge in [0.2, 0.25) is 0 Å². The van der Waals surface area contributed by atoms with Crippen LogP contribution in [0.4, 0.5) is 5.69 Å². The predicted molar refractivity (Wildman–Crippen MR) is 75.6 cm³/mol. The first-order valence-corrected chi connectivity index (χ1v) is 6.05. The molecule has 19 heavy (non-hydrogen) atoms. The first kappa shape index (κ1) is 13.1. The maximum atomic E-state index is 12.4. The summed E-state index contributed by atoms with van der Waals surface area (Å²) >= 11 is 5.80. The van der Waals surface area contributed by atoms with Crippen molar-refractivity contribution in [1.29, 1.82) is 5.26 Å². The number of anilines is 1. The normalized spacial score (nSPS) is 9.74. The van der Waals surface area contributed by atoms with Gasteiger partial charge in [-0.3, -0.25) is 4.79 Å². The molecule has 0 saturated carbocycles. The second kappa shape index (κ2) is 5.55. The summed E-state index contributed by atoms with van der Waals surface area (Å²) in [5.74, 6) is -0.141. The molecule has 2 aromatic rings. The van der Waals surface area contributed by atoms with Crippen molar-refractivity contribution in [2.24, 2.45) is 0 Å². The number of carbonyl (C=O) groups is 1. The molecule has 0 radical (unpaired) electrons. The third-order valence-electron chi connectivity index (χ3n) is 2.77. The molecule has 0 spiro atoms. The van der Waals surface area contributed by atoms with Gasteiger partial charge < -0.3 is 5.32 Å². The molecular formula is C15H11ClN2O. The van der Waals surface area contributed by atoms with E-state index >= 15 is 0 Å². The number of ketones is 1. The van der Waals surface area contributed by atoms with Gasteiger partial charge in [-0.1, -0.05) is 11.6 Å². The van der Waals surface area contributed by atoms with E-state index in [0.717, 1.165) is 0 Å². The number of nitriles is 1. The number of hydrogen-bond acceptors (Lipinski definition) is 3. The van der Waals surface area contributed by atoms with Crippen molar-refractivity contribution in [1.82, 2.24) is 0 Å². The standard InChI is InChI=1S/C15H11ClN2O/c1-18-14-7-2-10(9-17)8-13(14)15(19)11-3-5-12(16)6-4-11/h2-8,18H,1H3. The van der Waals surface area contributed by atoms with Gasteiger partial charge in [-0.05, 0) is 42.5 Å². The van der Waals surface area contributed by atoms with Crippen molar-refractivity contribution < 1.29 is 4.79 Å². The van der Waals surface area contributed by atoms with Gasteiger partial charge in [-0.2, -0.15) is 5.26 Å². The highest BCUT2D eigenvalue weighted by Gasteiger charge is 2.14. The lowest BCUT2D eigenvalue weighted by Crippen LogP contribution is -2.06. The van der Waals surface area contributed by atoms with Gasteiger partial charge in [0.05, 0.1) is 11.6 Å². The minimum absolute atomic E-state index is 0.141. The molecule has 2 rings (SSSR count). The van der Waals surface area contributed by atoms with Crippen LogP contribution in [-0.2, 0) is 0 Å². The van der Waals surface area contributed by atoms with Crippen molar-refractivity contribution in [2.45, 2.75) is 0 Å². The Balaban J connectivity index is 2.48. The number of nitrogens with one attached hydrogen (secondary N) is 1. The highest BCUT2D eigenvalue weighted by Crippen LogP contribution is 2.21. The summed E-state index contributed by atoms with van der Waals surface area (Å²) in [7, 11) is 1.74. The molecule has 0 heterocycles. The molecule has 0 aliphatic heterocycles. The number of nitrogens with zero attached hydrogens (tertiary/aromatic N) is 1. The summed E-state index contributed by atoms with van der Waals surface area (Å²) in [6.45, 7) is 0. The minimum atomic E-state index is -0.141. The number of rotatable bonds is 3. The zero-order valence-corrected chi connectivity index (χ0v) is 11.0. The van der Waals surface area contributed by atoms with E-state index in [4.69, 9.17) is 16.9 Å². The number of benzene rings is 2. The maximum absolute atomic E-state index is 12.4. The van der Waals surface area contributed by atoms with Crippen LogP contribution >= 0.6 is 11.6 Å². The molecule has 94 valence electrons. The minimum Gasteiger partial charge on any atom is -0.388 e. The van der Waals surface area contributed by atoms with Crippen molar-refractivity contribution in [2.75, 3.05) is 12.4 Å². The van der Waals surface area contributed by atoms with Gasteiger partial charge >= 0.3 is 0 Å². The average Bonchev–Trinajstić information content (AvgIpc) is 2.46. The summed E-state index contributed by atoms with van der Waals surface area (Å²) in [4.78, 5) is 12.4. The van der Waals surface area contributed by atoms with Crippen LogP contribution in [-0.4, -0.2) is 12.8 Å². The van der Waals surface area contributed by atoms with Crippen molar-refractivity contribution in [3.8, 4) is 6.07 Å². The predicted octanol–water partition coefficient (Wildman–Crippen LogP) is 3.48. The van der Waals surface area contributed by atoms with Gasteiger partial charge in [-0.25, -0.2) is 0 Å². The molecular weight excluding hydrogens is 260 g/mol. The molecule has 0 unspecified atom stereocenters. The average molecular weight is 271 g/mol. The van der Waals surface area contributed by atoms with Crippen molar-refractivity contribution in [3.63, 3.8) is 0 Å². The zero-order valence-electron chi connectivity index (χ0n) is 10.3. The smallest absolute Gasteiger partial charge is 0.195 e. The van der Waals surface area contributed by atoms with Crippen LogP contribution < -0.4 is 5.32 Å². The van der Waals surface area contributed by atoms with Crippen LogP contribution in [0.3, 0.4) is 0 Å². The quantitative estimate of drug-likeness (QED) is 0.869. The lowest BCUT2D eigenvalue weighted by molar-refractivity contribution is 0.103. The summed E-state index contributed by atoms with van der Waals surface area (Å²) < 4.78 is 0. The molecule has 0 saturated heterocycles. The Kier molecular flexibility index (Phi) is 3.84. The van der Waals surface area contributed by atoms with Crippen LogP contribution in [0.2, 0.25) is 5.02 Å². The third-order valence-corrected chi connectivity index (χ3v) is 3.02. The Morgan fingerprint density at radius 1 is 1.21 bits per heavy atom. The van der Waals surface area contributed by atoms with E-state index in [9.17, 15) is 4.79 Å². The fourth-order valence-corrected chi connectivity index (χ4v) is 1.90. The molecule has 0 aromatic heterocycles. The van der Waals surface area contributed by atoms with E-state index in [1.807, 2.05) is 6.07 Å². The van der Waals surface area contributed by atoms with Crippen LogP contribution in [0.5, 0.6) is 0 Å². The zero-order chi connectivity index (χ0) is 13.8. The topological polar surface area (TPSA) is 52.9 Å². The Labute approximate surface area is 116 Å². The van der Waals surface area contributed by atoms with Gasteiger partial charge in [-0.15, -0.1) is 0 Å². The monoisotopic (exact) mass is 270 g/mol. The fourth-order valence-electron chi connectivity index (χ4n) is 1.78. The Bertz CT molecular complexity index is 657. The SMILES string of the molecule is CNc1ccc(C#N)cc1C(=O)c1ccc(Cl)cc1. The van der Waals surface area contributed by atoms with Crippen molar-refractivity contribution >= 4 is 23.1 Å². The molecule has 0 bridgehead atoms. The van der Waals surface area contributed by atoms with Crippen LogP contribution in [0.1, 0.15) is 21.5 Å². The molecule has 0 fully saturated rings. The second-order valence-electron chi connectivity index (χ2n) is 3.96. The van der Waals surface area contributed by atoms with E-state index in [2.05, 4.69) is 5.32 Å². The highest BCUT2D eigenvalue weighted by molar-refractivity contribution is 6.30. The third kappa shape index (κ3) is 2.75. The first-order valence-electron chi connectivity index (χ1n) is 5.68. The summed E-state index contributed by atoms with van der Waals surface area (Å²) in [6, 6.07) is 13.7. The van der Waals surface area contributed by atoms with Gasteiger partial charge in [0.1, 0.15) is 0 Å². The second-order valence-corrected chi connectivity index (χ2v) is 4.39. The maximum Gasteiger partial charge on any atom is 0.195 e. The molecule has 3 nitrogen and oxygen atoms in total. The van der Waals surface area contributed by atoms with Gasteiger partial charge in [0, 0.05) is 28.9 Å². The molecule has 1 N–H and O–H groups in total. The summed E-state index contributed by atoms with van der Waals surface area (Å²) in [6.07, 6.45) is 0. The number of hydrogen-bond donors (Lipinski definition) is 1. The van der Waals surface area contributed by atoms with E-state index < -0.39 is 0 Å². The van der Waals surface area contributed by atoms with Gasteiger partial charge in [0.15, 0.2) is 5.78 Å². The summed E-state index contributed by atoms with van der Waals surface area (Å²) in [5.41, 5.74) is 2.16. The molecule has 0 aliphatic carbocycles. The summed E-state index contributed by atoms with van der Waals surface area (Å²) in [5, 5.41) is 12.4. The number of halogens is 1. The van der Waals surface area contributed by atoms with E-state index in [1.54, 1.807) is 49.5 Å². The first-order chi connectivity index (χ1) is 9.15. The highest BCUT2D eigenvalue weighted by atomic mass is 35.5. The van der Waals surface area contributed by atoms with Crippen molar-refractivity contribution in [3.05, 3.63) is 64.2 Å². The molecule has 0 atom stereocenters. The Morgan fingerprint density at radius 3 is 2.47 bits per heavy atom. The lowest BCUT2D eigenvalue weighted by Gasteiger charge is -2.08. The van der Waals surface area contributed by atoms with E-state index in [1.165, 1.54) is 0 Å².